The smallest absolute Gasteiger partial charge is 0.248 e. The van der Waals surface area contributed by atoms with Gasteiger partial charge in [-0.25, -0.2) is 0 Å². The summed E-state index contributed by atoms with van der Waals surface area (Å²) in [5, 5.41) is 0. The predicted octanol–water partition coefficient (Wildman–Crippen LogP) is 1.32. The lowest BCUT2D eigenvalue weighted by Crippen LogP contribution is -2.45. The van der Waals surface area contributed by atoms with Crippen molar-refractivity contribution in [3.8, 4) is 5.75 Å². The molecule has 1 aromatic rings. The predicted molar refractivity (Wildman–Crippen MR) is 84.0 cm³/mol. The third-order valence-corrected chi connectivity index (χ3v) is 4.73. The number of carbonyl (C=O) groups excluding carboxylic acids is 2. The lowest BCUT2D eigenvalue weighted by Gasteiger charge is -2.36. The number of primary amides is 1. The molecule has 2 aliphatic rings. The Bertz CT molecular complexity index is 623. The first-order valence-corrected chi connectivity index (χ1v) is 7.92. The quantitative estimate of drug-likeness (QED) is 0.892. The number of carbonyl (C=O) groups is 2. The lowest BCUT2D eigenvalue weighted by atomic mass is 9.81. The van der Waals surface area contributed by atoms with Crippen LogP contribution in [0.2, 0.25) is 0 Å². The number of benzene rings is 1. The van der Waals surface area contributed by atoms with Crippen molar-refractivity contribution in [3.63, 3.8) is 0 Å². The number of nitrogens with zero attached hydrogens (tertiary/aromatic N) is 1. The van der Waals surface area contributed by atoms with Gasteiger partial charge >= 0.3 is 0 Å². The molecular weight excluding hydrogens is 296 g/mol. The van der Waals surface area contributed by atoms with Crippen LogP contribution in [0.5, 0.6) is 5.75 Å². The SMILES string of the molecule is CC1(C(=O)N2CCOc3cc(C(N)=O)ccc3C2)CCOCC1. The molecule has 2 aliphatic heterocycles. The van der Waals surface area contributed by atoms with E-state index in [1.165, 1.54) is 0 Å². The first-order chi connectivity index (χ1) is 11.0. The van der Waals surface area contributed by atoms with Gasteiger partial charge in [0.25, 0.3) is 0 Å². The van der Waals surface area contributed by atoms with E-state index in [1.54, 1.807) is 12.1 Å². The van der Waals surface area contributed by atoms with E-state index in [2.05, 4.69) is 0 Å². The van der Waals surface area contributed by atoms with Crippen molar-refractivity contribution in [2.24, 2.45) is 11.1 Å². The van der Waals surface area contributed by atoms with Crippen molar-refractivity contribution in [2.45, 2.75) is 26.3 Å². The van der Waals surface area contributed by atoms with Gasteiger partial charge in [0.15, 0.2) is 0 Å². The molecule has 124 valence electrons. The van der Waals surface area contributed by atoms with Crippen molar-refractivity contribution >= 4 is 11.8 Å². The van der Waals surface area contributed by atoms with E-state index in [0.29, 0.717) is 44.2 Å². The summed E-state index contributed by atoms with van der Waals surface area (Å²) in [6, 6.07) is 5.14. The fraction of sp³-hybridized carbons (Fsp3) is 0.529. The van der Waals surface area contributed by atoms with Gasteiger partial charge in [-0.15, -0.1) is 0 Å². The van der Waals surface area contributed by atoms with Crippen LogP contribution in [-0.4, -0.2) is 43.1 Å². The van der Waals surface area contributed by atoms with Crippen molar-refractivity contribution < 1.29 is 19.1 Å². The third-order valence-electron chi connectivity index (χ3n) is 4.73. The molecular formula is C17H22N2O4. The molecule has 1 fully saturated rings. The van der Waals surface area contributed by atoms with E-state index in [0.717, 1.165) is 18.4 Å². The molecule has 2 heterocycles. The maximum absolute atomic E-state index is 13.0. The molecule has 0 bridgehead atoms. The van der Waals surface area contributed by atoms with Crippen LogP contribution < -0.4 is 10.5 Å². The molecule has 2 amide bonds. The first-order valence-electron chi connectivity index (χ1n) is 7.92. The number of hydrogen-bond acceptors (Lipinski definition) is 4. The van der Waals surface area contributed by atoms with Gasteiger partial charge in [0.2, 0.25) is 11.8 Å². The minimum absolute atomic E-state index is 0.149. The van der Waals surface area contributed by atoms with Gasteiger partial charge in [-0.3, -0.25) is 9.59 Å². The van der Waals surface area contributed by atoms with E-state index in [1.807, 2.05) is 17.9 Å². The Morgan fingerprint density at radius 2 is 1.96 bits per heavy atom. The minimum atomic E-state index is -0.483. The van der Waals surface area contributed by atoms with E-state index in [9.17, 15) is 9.59 Å². The molecule has 0 aromatic heterocycles. The zero-order chi connectivity index (χ0) is 16.4. The van der Waals surface area contributed by atoms with E-state index >= 15 is 0 Å². The zero-order valence-electron chi connectivity index (χ0n) is 13.3. The van der Waals surface area contributed by atoms with Crippen LogP contribution >= 0.6 is 0 Å². The first kappa shape index (κ1) is 15.8. The Morgan fingerprint density at radius 1 is 1.22 bits per heavy atom. The second kappa shape index (κ2) is 6.20. The average Bonchev–Trinajstić information content (AvgIpc) is 2.76. The van der Waals surface area contributed by atoms with E-state index in [4.69, 9.17) is 15.2 Å². The zero-order valence-corrected chi connectivity index (χ0v) is 13.3. The molecule has 1 aromatic carbocycles. The largest absolute Gasteiger partial charge is 0.491 e. The second-order valence-electron chi connectivity index (χ2n) is 6.43. The molecule has 0 saturated carbocycles. The summed E-state index contributed by atoms with van der Waals surface area (Å²) in [6.07, 6.45) is 1.49. The van der Waals surface area contributed by atoms with Crippen LogP contribution in [0.1, 0.15) is 35.7 Å². The highest BCUT2D eigenvalue weighted by atomic mass is 16.5. The number of nitrogens with two attached hydrogens (primary N) is 1. The van der Waals surface area contributed by atoms with Gasteiger partial charge in [0.1, 0.15) is 12.4 Å². The number of amides is 2. The molecule has 0 aliphatic carbocycles. The van der Waals surface area contributed by atoms with Crippen molar-refractivity contribution in [1.82, 2.24) is 4.90 Å². The highest BCUT2D eigenvalue weighted by Gasteiger charge is 2.38. The highest BCUT2D eigenvalue weighted by molar-refractivity contribution is 5.93. The van der Waals surface area contributed by atoms with Gasteiger partial charge in [0.05, 0.1) is 12.0 Å². The Labute approximate surface area is 135 Å². The standard InChI is InChI=1S/C17H22N2O4/c1-17(4-7-22-8-5-17)16(21)19-6-9-23-14-10-12(15(18)20)2-3-13(14)11-19/h2-3,10H,4-9,11H2,1H3,(H2,18,20). The molecule has 0 unspecified atom stereocenters. The Balaban J connectivity index is 1.80. The van der Waals surface area contributed by atoms with Crippen LogP contribution in [0, 0.1) is 5.41 Å². The summed E-state index contributed by atoms with van der Waals surface area (Å²) < 4.78 is 11.1. The molecule has 23 heavy (non-hydrogen) atoms. The maximum Gasteiger partial charge on any atom is 0.248 e. The molecule has 1 saturated heterocycles. The van der Waals surface area contributed by atoms with Crippen LogP contribution in [0.4, 0.5) is 0 Å². The summed E-state index contributed by atoms with van der Waals surface area (Å²) in [5.74, 6) is 0.299. The van der Waals surface area contributed by atoms with Gasteiger partial charge in [-0.2, -0.15) is 0 Å². The van der Waals surface area contributed by atoms with E-state index in [-0.39, 0.29) is 11.3 Å². The number of rotatable bonds is 2. The second-order valence-corrected chi connectivity index (χ2v) is 6.43. The van der Waals surface area contributed by atoms with Crippen molar-refractivity contribution in [2.75, 3.05) is 26.4 Å². The van der Waals surface area contributed by atoms with Crippen molar-refractivity contribution in [3.05, 3.63) is 29.3 Å². The summed E-state index contributed by atoms with van der Waals surface area (Å²) >= 11 is 0. The summed E-state index contributed by atoms with van der Waals surface area (Å²) in [7, 11) is 0. The van der Waals surface area contributed by atoms with Crippen LogP contribution in [0.3, 0.4) is 0 Å². The van der Waals surface area contributed by atoms with Crippen molar-refractivity contribution in [1.29, 1.82) is 0 Å². The van der Waals surface area contributed by atoms with Crippen LogP contribution in [-0.2, 0) is 16.1 Å². The Kier molecular flexibility index (Phi) is 4.26. The fourth-order valence-corrected chi connectivity index (χ4v) is 3.11. The average molecular weight is 318 g/mol. The molecule has 0 radical (unpaired) electrons. The topological polar surface area (TPSA) is 81.9 Å². The third kappa shape index (κ3) is 3.17. The summed E-state index contributed by atoms with van der Waals surface area (Å²) in [6.45, 7) is 4.71. The van der Waals surface area contributed by atoms with Gasteiger partial charge < -0.3 is 20.1 Å². The summed E-state index contributed by atoms with van der Waals surface area (Å²) in [4.78, 5) is 26.1. The maximum atomic E-state index is 13.0. The monoisotopic (exact) mass is 318 g/mol. The molecule has 0 atom stereocenters. The van der Waals surface area contributed by atoms with Gasteiger partial charge in [-0.1, -0.05) is 13.0 Å². The molecule has 6 heteroatoms. The van der Waals surface area contributed by atoms with Gasteiger partial charge in [0, 0.05) is 30.9 Å². The summed E-state index contributed by atoms with van der Waals surface area (Å²) in [5.41, 5.74) is 6.26. The Morgan fingerprint density at radius 3 is 2.65 bits per heavy atom. The number of hydrogen-bond donors (Lipinski definition) is 1. The molecule has 2 N–H and O–H groups in total. The molecule has 3 rings (SSSR count). The van der Waals surface area contributed by atoms with Crippen LogP contribution in [0.25, 0.3) is 0 Å². The number of ether oxygens (including phenoxy) is 2. The highest BCUT2D eigenvalue weighted by Crippen LogP contribution is 2.34. The number of fused-ring (bicyclic) bond motifs is 1. The fourth-order valence-electron chi connectivity index (χ4n) is 3.11. The lowest BCUT2D eigenvalue weighted by molar-refractivity contribution is -0.147. The minimum Gasteiger partial charge on any atom is -0.491 e. The Hall–Kier alpha value is -2.08. The van der Waals surface area contributed by atoms with Crippen LogP contribution in [0.15, 0.2) is 18.2 Å². The normalized spacial score (nSPS) is 20.1. The molecule has 0 spiro atoms. The van der Waals surface area contributed by atoms with E-state index < -0.39 is 5.91 Å². The van der Waals surface area contributed by atoms with Gasteiger partial charge in [-0.05, 0) is 25.0 Å². The molecule has 6 nitrogen and oxygen atoms in total.